The standard InChI is InChI=1S/C15H31Br/c1-15(2,3)13-11-9-7-5-4-6-8-10-12-14-16/h4-14H2,1-3H3. The lowest BCUT2D eigenvalue weighted by Crippen LogP contribution is -2.03. The van der Waals surface area contributed by atoms with Gasteiger partial charge in [-0.05, 0) is 18.3 Å². The molecule has 0 rings (SSSR count). The van der Waals surface area contributed by atoms with Crippen molar-refractivity contribution in [2.24, 2.45) is 5.41 Å². The largest absolute Gasteiger partial charge is 0.0928 e. The van der Waals surface area contributed by atoms with Crippen LogP contribution in [-0.2, 0) is 0 Å². The van der Waals surface area contributed by atoms with Crippen LogP contribution >= 0.6 is 15.9 Å². The monoisotopic (exact) mass is 290 g/mol. The predicted molar refractivity (Wildman–Crippen MR) is 79.4 cm³/mol. The first kappa shape index (κ1) is 16.5. The first-order valence-corrected chi connectivity index (χ1v) is 8.24. The molecule has 0 N–H and O–H groups in total. The van der Waals surface area contributed by atoms with Crippen molar-refractivity contribution in [2.45, 2.75) is 85.0 Å². The molecule has 0 aromatic rings. The predicted octanol–water partition coefficient (Wildman–Crippen LogP) is 6.33. The molecule has 0 aromatic heterocycles. The molecule has 0 fully saturated rings. The summed E-state index contributed by atoms with van der Waals surface area (Å²) in [7, 11) is 0. The van der Waals surface area contributed by atoms with E-state index in [4.69, 9.17) is 0 Å². The summed E-state index contributed by atoms with van der Waals surface area (Å²) in [6.45, 7) is 7.03. The lowest BCUT2D eigenvalue weighted by Gasteiger charge is -2.17. The quantitative estimate of drug-likeness (QED) is 0.326. The second kappa shape index (κ2) is 10.6. The zero-order valence-corrected chi connectivity index (χ0v) is 13.2. The second-order valence-electron chi connectivity index (χ2n) is 6.18. The molecular formula is C15H31Br. The molecule has 0 heterocycles. The van der Waals surface area contributed by atoms with Gasteiger partial charge in [0.15, 0.2) is 0 Å². The van der Waals surface area contributed by atoms with Crippen molar-refractivity contribution in [1.82, 2.24) is 0 Å². The minimum absolute atomic E-state index is 0.537. The van der Waals surface area contributed by atoms with E-state index in [2.05, 4.69) is 36.7 Å². The molecule has 0 spiro atoms. The molecule has 0 saturated heterocycles. The van der Waals surface area contributed by atoms with Gasteiger partial charge in [0.05, 0.1) is 0 Å². The number of halogens is 1. The summed E-state index contributed by atoms with van der Waals surface area (Å²) >= 11 is 3.48. The van der Waals surface area contributed by atoms with Gasteiger partial charge >= 0.3 is 0 Å². The molecule has 1 heteroatoms. The minimum Gasteiger partial charge on any atom is -0.0928 e. The number of unbranched alkanes of at least 4 members (excludes halogenated alkanes) is 8. The summed E-state index contributed by atoms with van der Waals surface area (Å²) in [5, 5.41) is 1.18. The zero-order chi connectivity index (χ0) is 12.3. The second-order valence-corrected chi connectivity index (χ2v) is 6.97. The van der Waals surface area contributed by atoms with E-state index in [0.717, 1.165) is 0 Å². The highest BCUT2D eigenvalue weighted by Gasteiger charge is 2.08. The Morgan fingerprint density at radius 3 is 1.38 bits per heavy atom. The summed E-state index contributed by atoms with van der Waals surface area (Å²) in [6, 6.07) is 0. The fourth-order valence-electron chi connectivity index (χ4n) is 1.99. The van der Waals surface area contributed by atoms with E-state index in [0.29, 0.717) is 5.41 Å². The number of hydrogen-bond donors (Lipinski definition) is 0. The van der Waals surface area contributed by atoms with Crippen molar-refractivity contribution in [3.8, 4) is 0 Å². The van der Waals surface area contributed by atoms with Crippen LogP contribution in [0.1, 0.15) is 85.0 Å². The lowest BCUT2D eigenvalue weighted by molar-refractivity contribution is 0.356. The van der Waals surface area contributed by atoms with E-state index >= 15 is 0 Å². The molecular weight excluding hydrogens is 260 g/mol. The van der Waals surface area contributed by atoms with Crippen LogP contribution in [0.25, 0.3) is 0 Å². The fraction of sp³-hybridized carbons (Fsp3) is 1.00. The van der Waals surface area contributed by atoms with Crippen molar-refractivity contribution in [3.63, 3.8) is 0 Å². The Bertz CT molecular complexity index is 135. The van der Waals surface area contributed by atoms with Crippen LogP contribution < -0.4 is 0 Å². The van der Waals surface area contributed by atoms with Gasteiger partial charge in [0, 0.05) is 5.33 Å². The average molecular weight is 291 g/mol. The Morgan fingerprint density at radius 1 is 0.625 bits per heavy atom. The Labute approximate surface area is 112 Å². The van der Waals surface area contributed by atoms with Crippen LogP contribution in [0.15, 0.2) is 0 Å². The third kappa shape index (κ3) is 14.5. The van der Waals surface area contributed by atoms with Crippen LogP contribution in [0.2, 0.25) is 0 Å². The summed E-state index contributed by atoms with van der Waals surface area (Å²) in [6.07, 6.45) is 14.3. The molecule has 0 saturated carbocycles. The lowest BCUT2D eigenvalue weighted by atomic mass is 9.89. The molecule has 0 unspecified atom stereocenters. The van der Waals surface area contributed by atoms with E-state index in [9.17, 15) is 0 Å². The van der Waals surface area contributed by atoms with Crippen molar-refractivity contribution < 1.29 is 0 Å². The summed E-state index contributed by atoms with van der Waals surface area (Å²) in [4.78, 5) is 0. The van der Waals surface area contributed by atoms with Gasteiger partial charge in [-0.1, -0.05) is 88.1 Å². The van der Waals surface area contributed by atoms with Gasteiger partial charge in [-0.2, -0.15) is 0 Å². The molecule has 0 aliphatic heterocycles. The van der Waals surface area contributed by atoms with E-state index < -0.39 is 0 Å². The summed E-state index contributed by atoms with van der Waals surface area (Å²) in [5.74, 6) is 0. The first-order chi connectivity index (χ1) is 7.56. The highest BCUT2D eigenvalue weighted by Crippen LogP contribution is 2.22. The van der Waals surface area contributed by atoms with E-state index in [-0.39, 0.29) is 0 Å². The molecule has 0 aliphatic rings. The van der Waals surface area contributed by atoms with Gasteiger partial charge < -0.3 is 0 Å². The Balaban J connectivity index is 2.99. The number of alkyl halides is 1. The highest BCUT2D eigenvalue weighted by molar-refractivity contribution is 9.09. The third-order valence-electron chi connectivity index (χ3n) is 3.06. The van der Waals surface area contributed by atoms with Gasteiger partial charge in [0.2, 0.25) is 0 Å². The van der Waals surface area contributed by atoms with Crippen molar-refractivity contribution in [1.29, 1.82) is 0 Å². The summed E-state index contributed by atoms with van der Waals surface area (Å²) in [5.41, 5.74) is 0.537. The molecule has 98 valence electrons. The van der Waals surface area contributed by atoms with Crippen molar-refractivity contribution in [2.75, 3.05) is 5.33 Å². The first-order valence-electron chi connectivity index (χ1n) is 7.12. The minimum atomic E-state index is 0.537. The van der Waals surface area contributed by atoms with E-state index in [1.54, 1.807) is 0 Å². The van der Waals surface area contributed by atoms with Crippen LogP contribution in [-0.4, -0.2) is 5.33 Å². The van der Waals surface area contributed by atoms with Crippen LogP contribution in [0.5, 0.6) is 0 Å². The van der Waals surface area contributed by atoms with Crippen LogP contribution in [0, 0.1) is 5.41 Å². The highest BCUT2D eigenvalue weighted by atomic mass is 79.9. The van der Waals surface area contributed by atoms with E-state index in [1.807, 2.05) is 0 Å². The Hall–Kier alpha value is 0.480. The van der Waals surface area contributed by atoms with E-state index in [1.165, 1.54) is 69.5 Å². The van der Waals surface area contributed by atoms with Gasteiger partial charge in [-0.15, -0.1) is 0 Å². The maximum atomic E-state index is 3.48. The van der Waals surface area contributed by atoms with Gasteiger partial charge in [0.1, 0.15) is 0 Å². The maximum Gasteiger partial charge on any atom is 0.00313 e. The Morgan fingerprint density at radius 2 is 1.00 bits per heavy atom. The zero-order valence-electron chi connectivity index (χ0n) is 11.7. The normalized spacial score (nSPS) is 12.0. The van der Waals surface area contributed by atoms with Crippen molar-refractivity contribution >= 4 is 15.9 Å². The molecule has 0 atom stereocenters. The van der Waals surface area contributed by atoms with Crippen LogP contribution in [0.4, 0.5) is 0 Å². The molecule has 0 bridgehead atoms. The smallest absolute Gasteiger partial charge is 0.00313 e. The topological polar surface area (TPSA) is 0 Å². The fourth-order valence-corrected chi connectivity index (χ4v) is 2.38. The van der Waals surface area contributed by atoms with Gasteiger partial charge in [-0.25, -0.2) is 0 Å². The average Bonchev–Trinajstić information content (AvgIpc) is 2.19. The SMILES string of the molecule is CC(C)(C)CCCCCCCCCCCBr. The molecule has 0 radical (unpaired) electrons. The molecule has 0 amide bonds. The maximum absolute atomic E-state index is 3.48. The van der Waals surface area contributed by atoms with Gasteiger partial charge in [0.25, 0.3) is 0 Å². The molecule has 0 aliphatic carbocycles. The Kier molecular flexibility index (Phi) is 10.9. The molecule has 0 aromatic carbocycles. The number of rotatable bonds is 10. The van der Waals surface area contributed by atoms with Crippen LogP contribution in [0.3, 0.4) is 0 Å². The van der Waals surface area contributed by atoms with Gasteiger partial charge in [-0.3, -0.25) is 0 Å². The van der Waals surface area contributed by atoms with Crippen molar-refractivity contribution in [3.05, 3.63) is 0 Å². The third-order valence-corrected chi connectivity index (χ3v) is 3.62. The molecule has 0 nitrogen and oxygen atoms in total. The summed E-state index contributed by atoms with van der Waals surface area (Å²) < 4.78 is 0. The number of hydrogen-bond acceptors (Lipinski definition) is 0. The molecule has 16 heavy (non-hydrogen) atoms.